The van der Waals surface area contributed by atoms with Gasteiger partial charge in [0.25, 0.3) is 5.91 Å². The fourth-order valence-electron chi connectivity index (χ4n) is 4.31. The Morgan fingerprint density at radius 3 is 2.65 bits per heavy atom. The van der Waals surface area contributed by atoms with Crippen molar-refractivity contribution in [2.45, 2.75) is 19.9 Å². The molecule has 0 atom stereocenters. The first-order valence-electron chi connectivity index (χ1n) is 11.6. The number of ether oxygens (including phenoxy) is 1. The minimum Gasteiger partial charge on any atom is -0.491 e. The standard InChI is InChI=1S/C29H27N3O2/c1-21-8-6-11-23(20-21)29(33)30-17-16-28-31-25-13-4-5-14-26(25)32(28)18-19-34-27-15-7-10-22-9-2-3-12-24(22)27/h2-15,20H,16-19H2,1H3,(H,30,33). The van der Waals surface area contributed by atoms with E-state index >= 15 is 0 Å². The summed E-state index contributed by atoms with van der Waals surface area (Å²) in [7, 11) is 0. The quantitative estimate of drug-likeness (QED) is 0.338. The maximum absolute atomic E-state index is 12.5. The summed E-state index contributed by atoms with van der Waals surface area (Å²) in [6, 6.07) is 30.1. The third kappa shape index (κ3) is 4.64. The van der Waals surface area contributed by atoms with E-state index in [0.717, 1.165) is 38.9 Å². The smallest absolute Gasteiger partial charge is 0.251 e. The Balaban J connectivity index is 1.28. The molecule has 0 aliphatic carbocycles. The number of nitrogens with zero attached hydrogens (tertiary/aromatic N) is 2. The molecule has 0 aliphatic rings. The van der Waals surface area contributed by atoms with Crippen LogP contribution in [0.4, 0.5) is 0 Å². The molecular weight excluding hydrogens is 422 g/mol. The van der Waals surface area contributed by atoms with E-state index in [1.54, 1.807) is 0 Å². The molecule has 5 aromatic rings. The molecule has 0 radical (unpaired) electrons. The molecule has 0 saturated heterocycles. The van der Waals surface area contributed by atoms with Crippen LogP contribution in [-0.2, 0) is 13.0 Å². The number of aromatic nitrogens is 2. The van der Waals surface area contributed by atoms with Gasteiger partial charge in [-0.1, -0.05) is 66.2 Å². The van der Waals surface area contributed by atoms with Crippen molar-refractivity contribution < 1.29 is 9.53 Å². The van der Waals surface area contributed by atoms with Crippen molar-refractivity contribution in [2.24, 2.45) is 0 Å². The average molecular weight is 450 g/mol. The Kier molecular flexibility index (Phi) is 6.25. The van der Waals surface area contributed by atoms with Gasteiger partial charge in [-0.3, -0.25) is 4.79 Å². The van der Waals surface area contributed by atoms with E-state index in [0.29, 0.717) is 31.7 Å². The fourth-order valence-corrected chi connectivity index (χ4v) is 4.31. The summed E-state index contributed by atoms with van der Waals surface area (Å²) in [6.45, 7) is 3.70. The highest BCUT2D eigenvalue weighted by molar-refractivity contribution is 5.94. The molecule has 1 heterocycles. The molecule has 0 unspecified atom stereocenters. The van der Waals surface area contributed by atoms with Crippen LogP contribution in [0.5, 0.6) is 5.75 Å². The van der Waals surface area contributed by atoms with Gasteiger partial charge in [0.2, 0.25) is 0 Å². The number of nitrogens with one attached hydrogen (secondary N) is 1. The van der Waals surface area contributed by atoms with Crippen molar-refractivity contribution in [3.8, 4) is 5.75 Å². The molecule has 4 aromatic carbocycles. The molecule has 0 aliphatic heterocycles. The predicted octanol–water partition coefficient (Wildman–Crippen LogP) is 5.55. The minimum atomic E-state index is -0.0642. The molecule has 5 nitrogen and oxygen atoms in total. The van der Waals surface area contributed by atoms with Crippen LogP contribution in [0.15, 0.2) is 91.0 Å². The second-order valence-electron chi connectivity index (χ2n) is 8.37. The van der Waals surface area contributed by atoms with E-state index in [9.17, 15) is 4.79 Å². The molecular formula is C29H27N3O2. The normalized spacial score (nSPS) is 11.1. The van der Waals surface area contributed by atoms with Crippen LogP contribution >= 0.6 is 0 Å². The van der Waals surface area contributed by atoms with Crippen molar-refractivity contribution >= 4 is 27.7 Å². The highest BCUT2D eigenvalue weighted by Crippen LogP contribution is 2.25. The maximum Gasteiger partial charge on any atom is 0.251 e. The summed E-state index contributed by atoms with van der Waals surface area (Å²) in [4.78, 5) is 17.3. The summed E-state index contributed by atoms with van der Waals surface area (Å²) in [5, 5.41) is 5.30. The van der Waals surface area contributed by atoms with Gasteiger partial charge in [0.05, 0.1) is 17.6 Å². The van der Waals surface area contributed by atoms with Crippen LogP contribution in [0.25, 0.3) is 21.8 Å². The van der Waals surface area contributed by atoms with Crippen LogP contribution in [0.1, 0.15) is 21.7 Å². The number of carbonyl (C=O) groups excluding carboxylic acids is 1. The molecule has 1 aromatic heterocycles. The van der Waals surface area contributed by atoms with Crippen molar-refractivity contribution in [1.29, 1.82) is 0 Å². The topological polar surface area (TPSA) is 56.2 Å². The lowest BCUT2D eigenvalue weighted by molar-refractivity contribution is 0.0953. The van der Waals surface area contributed by atoms with E-state index in [1.807, 2.05) is 73.7 Å². The summed E-state index contributed by atoms with van der Waals surface area (Å²) >= 11 is 0. The van der Waals surface area contributed by atoms with Gasteiger partial charge in [-0.05, 0) is 42.6 Å². The number of hydrogen-bond acceptors (Lipinski definition) is 3. The Labute approximate surface area is 199 Å². The highest BCUT2D eigenvalue weighted by Gasteiger charge is 2.12. The first kappa shape index (κ1) is 21.7. The van der Waals surface area contributed by atoms with Crippen LogP contribution < -0.4 is 10.1 Å². The van der Waals surface area contributed by atoms with Crippen LogP contribution in [0, 0.1) is 6.92 Å². The Morgan fingerprint density at radius 1 is 0.941 bits per heavy atom. The van der Waals surface area contributed by atoms with E-state index in [1.165, 1.54) is 0 Å². The highest BCUT2D eigenvalue weighted by atomic mass is 16.5. The van der Waals surface area contributed by atoms with Gasteiger partial charge in [0.1, 0.15) is 18.2 Å². The summed E-state index contributed by atoms with van der Waals surface area (Å²) in [6.07, 6.45) is 0.639. The Morgan fingerprint density at radius 2 is 1.74 bits per heavy atom. The molecule has 0 saturated carbocycles. The van der Waals surface area contributed by atoms with Gasteiger partial charge in [0.15, 0.2) is 0 Å². The zero-order valence-corrected chi connectivity index (χ0v) is 19.2. The first-order valence-corrected chi connectivity index (χ1v) is 11.6. The third-order valence-electron chi connectivity index (χ3n) is 5.97. The SMILES string of the molecule is Cc1cccc(C(=O)NCCc2nc3ccccc3n2CCOc2cccc3ccccc23)c1. The van der Waals surface area contributed by atoms with E-state index in [2.05, 4.69) is 34.1 Å². The molecule has 0 bridgehead atoms. The van der Waals surface area contributed by atoms with E-state index < -0.39 is 0 Å². The molecule has 5 heteroatoms. The third-order valence-corrected chi connectivity index (χ3v) is 5.97. The number of carbonyl (C=O) groups is 1. The average Bonchev–Trinajstić information content (AvgIpc) is 3.21. The van der Waals surface area contributed by atoms with Crippen LogP contribution in [-0.4, -0.2) is 28.6 Å². The number of rotatable bonds is 8. The number of hydrogen-bond donors (Lipinski definition) is 1. The molecule has 1 amide bonds. The molecule has 34 heavy (non-hydrogen) atoms. The molecule has 0 fully saturated rings. The Hall–Kier alpha value is -4.12. The fraction of sp³-hybridized carbons (Fsp3) is 0.172. The number of imidazole rings is 1. The van der Waals surface area contributed by atoms with Gasteiger partial charge in [0, 0.05) is 23.9 Å². The van der Waals surface area contributed by atoms with Crippen molar-refractivity contribution in [3.63, 3.8) is 0 Å². The minimum absolute atomic E-state index is 0.0642. The van der Waals surface area contributed by atoms with Gasteiger partial charge < -0.3 is 14.6 Å². The lowest BCUT2D eigenvalue weighted by atomic mass is 10.1. The van der Waals surface area contributed by atoms with Gasteiger partial charge in [-0.25, -0.2) is 4.98 Å². The summed E-state index contributed by atoms with van der Waals surface area (Å²) < 4.78 is 8.38. The van der Waals surface area contributed by atoms with E-state index in [-0.39, 0.29) is 5.91 Å². The first-order chi connectivity index (χ1) is 16.7. The summed E-state index contributed by atoms with van der Waals surface area (Å²) in [5.74, 6) is 1.76. The van der Waals surface area contributed by atoms with Gasteiger partial charge in [-0.15, -0.1) is 0 Å². The zero-order valence-electron chi connectivity index (χ0n) is 19.2. The second kappa shape index (κ2) is 9.79. The zero-order chi connectivity index (χ0) is 23.3. The van der Waals surface area contributed by atoms with Crippen molar-refractivity contribution in [1.82, 2.24) is 14.9 Å². The van der Waals surface area contributed by atoms with Crippen LogP contribution in [0.2, 0.25) is 0 Å². The lowest BCUT2D eigenvalue weighted by Gasteiger charge is -2.13. The van der Waals surface area contributed by atoms with Gasteiger partial charge in [-0.2, -0.15) is 0 Å². The van der Waals surface area contributed by atoms with Gasteiger partial charge >= 0.3 is 0 Å². The Bertz CT molecular complexity index is 1450. The molecule has 5 rings (SSSR count). The lowest BCUT2D eigenvalue weighted by Crippen LogP contribution is -2.26. The van der Waals surface area contributed by atoms with E-state index in [4.69, 9.17) is 9.72 Å². The second-order valence-corrected chi connectivity index (χ2v) is 8.37. The number of amides is 1. The maximum atomic E-state index is 12.5. The molecule has 170 valence electrons. The summed E-state index contributed by atoms with van der Waals surface area (Å²) in [5.41, 5.74) is 3.77. The number of fused-ring (bicyclic) bond motifs is 2. The van der Waals surface area contributed by atoms with Crippen LogP contribution in [0.3, 0.4) is 0 Å². The number of benzene rings is 4. The number of aryl methyl sites for hydroxylation is 1. The largest absolute Gasteiger partial charge is 0.491 e. The van der Waals surface area contributed by atoms with Crippen molar-refractivity contribution in [2.75, 3.05) is 13.2 Å². The monoisotopic (exact) mass is 449 g/mol. The number of para-hydroxylation sites is 2. The molecule has 1 N–H and O–H groups in total. The predicted molar refractivity (Wildman–Crippen MR) is 136 cm³/mol. The molecule has 0 spiro atoms. The van der Waals surface area contributed by atoms with Crippen molar-refractivity contribution in [3.05, 3.63) is 108 Å².